The Labute approximate surface area is 176 Å². The summed E-state index contributed by atoms with van der Waals surface area (Å²) in [7, 11) is 0. The smallest absolute Gasteiger partial charge is 0.258 e. The van der Waals surface area contributed by atoms with Crippen molar-refractivity contribution < 1.29 is 5.11 Å². The fourth-order valence-electron chi connectivity index (χ4n) is 4.06. The number of aromatic amines is 1. The molecule has 2 N–H and O–H groups in total. The van der Waals surface area contributed by atoms with Gasteiger partial charge in [0, 0.05) is 49.7 Å². The Kier molecular flexibility index (Phi) is 5.97. The van der Waals surface area contributed by atoms with E-state index < -0.39 is 0 Å². The Morgan fingerprint density at radius 3 is 2.63 bits per heavy atom. The van der Waals surface area contributed by atoms with Gasteiger partial charge in [-0.3, -0.25) is 14.7 Å². The molecular formula is C24H28N4O2. The molecule has 30 heavy (non-hydrogen) atoms. The summed E-state index contributed by atoms with van der Waals surface area (Å²) in [6.45, 7) is 8.62. The number of β-amino-alcohol motifs (C(OH)–C–C–N with tert-alkyl or cyclic N) is 1. The number of aliphatic hydroxyl groups is 1. The first-order chi connectivity index (χ1) is 14.6. The van der Waals surface area contributed by atoms with E-state index in [-0.39, 0.29) is 12.2 Å². The van der Waals surface area contributed by atoms with Crippen LogP contribution in [-0.2, 0) is 0 Å². The van der Waals surface area contributed by atoms with Gasteiger partial charge in [-0.2, -0.15) is 0 Å². The number of anilines is 1. The molecule has 1 aliphatic carbocycles. The molecular weight excluding hydrogens is 376 g/mol. The molecule has 2 aliphatic heterocycles. The molecule has 0 atom stereocenters. The van der Waals surface area contributed by atoms with E-state index in [1.807, 2.05) is 44.2 Å². The molecule has 0 amide bonds. The van der Waals surface area contributed by atoms with Crippen LogP contribution in [0, 0.1) is 6.92 Å². The van der Waals surface area contributed by atoms with Gasteiger partial charge in [-0.1, -0.05) is 30.3 Å². The van der Waals surface area contributed by atoms with Crippen LogP contribution in [0.1, 0.15) is 18.1 Å². The zero-order valence-corrected chi connectivity index (χ0v) is 17.6. The molecule has 6 nitrogen and oxygen atoms in total. The Morgan fingerprint density at radius 2 is 1.87 bits per heavy atom. The van der Waals surface area contributed by atoms with E-state index >= 15 is 0 Å². The van der Waals surface area contributed by atoms with Crippen molar-refractivity contribution in [1.29, 1.82) is 0 Å². The zero-order valence-electron chi connectivity index (χ0n) is 17.6. The first kappa shape index (κ1) is 20.3. The van der Waals surface area contributed by atoms with Crippen molar-refractivity contribution in [2.45, 2.75) is 13.8 Å². The second-order valence-corrected chi connectivity index (χ2v) is 7.79. The SMILES string of the molecule is C/C(=N\c1cc(N2CCN(CCO)CC2)ccc1C)c1c2cccccc-2[nH]c1=O. The van der Waals surface area contributed by atoms with Crippen LogP contribution in [0.25, 0.3) is 11.3 Å². The fraction of sp³-hybridized carbons (Fsp3) is 0.333. The molecule has 2 heterocycles. The average Bonchev–Trinajstić information content (AvgIpc) is 2.89. The van der Waals surface area contributed by atoms with Gasteiger partial charge in [0.05, 0.1) is 23.6 Å². The normalized spacial score (nSPS) is 15.7. The zero-order chi connectivity index (χ0) is 21.1. The summed E-state index contributed by atoms with van der Waals surface area (Å²) in [5.41, 5.74) is 6.05. The van der Waals surface area contributed by atoms with Crippen molar-refractivity contribution >= 4 is 17.1 Å². The summed E-state index contributed by atoms with van der Waals surface area (Å²) >= 11 is 0. The number of aliphatic imine (C=N–C) groups is 1. The van der Waals surface area contributed by atoms with Gasteiger partial charge < -0.3 is 15.0 Å². The molecule has 1 fully saturated rings. The van der Waals surface area contributed by atoms with Crippen LogP contribution in [0.5, 0.6) is 0 Å². The number of nitrogens with zero attached hydrogens (tertiary/aromatic N) is 3. The molecule has 0 saturated carbocycles. The van der Waals surface area contributed by atoms with Crippen molar-refractivity contribution in [3.63, 3.8) is 0 Å². The largest absolute Gasteiger partial charge is 0.395 e. The third-order valence-electron chi connectivity index (χ3n) is 5.78. The minimum absolute atomic E-state index is 0.105. The number of hydrogen-bond acceptors (Lipinski definition) is 5. The molecule has 3 aliphatic rings. The van der Waals surface area contributed by atoms with Crippen LogP contribution in [0.2, 0.25) is 0 Å². The van der Waals surface area contributed by atoms with Crippen molar-refractivity contribution in [2.75, 3.05) is 44.2 Å². The van der Waals surface area contributed by atoms with Crippen LogP contribution in [0.4, 0.5) is 11.4 Å². The molecule has 1 aromatic rings. The number of aryl methyl sites for hydroxylation is 1. The van der Waals surface area contributed by atoms with Crippen molar-refractivity contribution in [2.24, 2.45) is 4.99 Å². The highest BCUT2D eigenvalue weighted by atomic mass is 16.3. The van der Waals surface area contributed by atoms with Gasteiger partial charge >= 0.3 is 0 Å². The third kappa shape index (κ3) is 4.15. The van der Waals surface area contributed by atoms with Crippen molar-refractivity contribution in [3.8, 4) is 11.3 Å². The lowest BCUT2D eigenvalue weighted by Crippen LogP contribution is -2.47. The molecule has 4 rings (SSSR count). The van der Waals surface area contributed by atoms with Gasteiger partial charge in [0.15, 0.2) is 0 Å². The number of hydrogen-bond donors (Lipinski definition) is 2. The fourth-order valence-corrected chi connectivity index (χ4v) is 4.06. The summed E-state index contributed by atoms with van der Waals surface area (Å²) < 4.78 is 0. The van der Waals surface area contributed by atoms with E-state index in [4.69, 9.17) is 10.1 Å². The lowest BCUT2D eigenvalue weighted by Gasteiger charge is -2.36. The van der Waals surface area contributed by atoms with Crippen LogP contribution in [-0.4, -0.2) is 60.0 Å². The maximum absolute atomic E-state index is 12.6. The van der Waals surface area contributed by atoms with Crippen molar-refractivity contribution in [1.82, 2.24) is 9.88 Å². The molecule has 0 radical (unpaired) electrons. The summed E-state index contributed by atoms with van der Waals surface area (Å²) in [6.07, 6.45) is 0. The Morgan fingerprint density at radius 1 is 1.10 bits per heavy atom. The topological polar surface area (TPSA) is 71.9 Å². The summed E-state index contributed by atoms with van der Waals surface area (Å²) in [5, 5.41) is 9.14. The average molecular weight is 405 g/mol. The lowest BCUT2D eigenvalue weighted by molar-refractivity contribution is 0.189. The number of aliphatic hydroxyl groups excluding tert-OH is 1. The van der Waals surface area contributed by atoms with E-state index in [0.717, 1.165) is 60.9 Å². The number of benzene rings is 1. The van der Waals surface area contributed by atoms with Gasteiger partial charge in [0.25, 0.3) is 5.56 Å². The molecule has 0 spiro atoms. The van der Waals surface area contributed by atoms with Gasteiger partial charge in [-0.15, -0.1) is 0 Å². The van der Waals surface area contributed by atoms with Gasteiger partial charge in [-0.25, -0.2) is 0 Å². The summed E-state index contributed by atoms with van der Waals surface area (Å²) in [6, 6.07) is 16.0. The van der Waals surface area contributed by atoms with Crippen LogP contribution < -0.4 is 10.5 Å². The molecule has 1 saturated heterocycles. The van der Waals surface area contributed by atoms with Crippen LogP contribution >= 0.6 is 0 Å². The van der Waals surface area contributed by atoms with Gasteiger partial charge in [0.2, 0.25) is 0 Å². The minimum atomic E-state index is -0.105. The number of H-pyrrole nitrogens is 1. The van der Waals surface area contributed by atoms with Crippen LogP contribution in [0.15, 0.2) is 58.3 Å². The third-order valence-corrected chi connectivity index (χ3v) is 5.78. The maximum Gasteiger partial charge on any atom is 0.258 e. The van der Waals surface area contributed by atoms with E-state index in [1.165, 1.54) is 0 Å². The van der Waals surface area contributed by atoms with Gasteiger partial charge in [-0.05, 0) is 37.6 Å². The van der Waals surface area contributed by atoms with Crippen molar-refractivity contribution in [3.05, 3.63) is 70.0 Å². The number of rotatable bonds is 5. The Hall–Kier alpha value is -2.96. The molecule has 1 aromatic carbocycles. The van der Waals surface area contributed by atoms with Crippen LogP contribution in [0.3, 0.4) is 0 Å². The molecule has 6 heteroatoms. The Balaban J connectivity index is 1.63. The summed E-state index contributed by atoms with van der Waals surface area (Å²) in [4.78, 5) is 25.0. The minimum Gasteiger partial charge on any atom is -0.395 e. The van der Waals surface area contributed by atoms with E-state index in [2.05, 4.69) is 33.0 Å². The first-order valence-corrected chi connectivity index (χ1v) is 10.4. The number of fused-ring (bicyclic) bond motifs is 1. The highest BCUT2D eigenvalue weighted by Gasteiger charge is 2.19. The van der Waals surface area contributed by atoms with Gasteiger partial charge in [0.1, 0.15) is 0 Å². The quantitative estimate of drug-likeness (QED) is 0.641. The predicted molar refractivity (Wildman–Crippen MR) is 122 cm³/mol. The second kappa shape index (κ2) is 8.81. The number of piperazine rings is 1. The molecule has 156 valence electrons. The molecule has 0 unspecified atom stereocenters. The van der Waals surface area contributed by atoms with E-state index in [9.17, 15) is 4.79 Å². The highest BCUT2D eigenvalue weighted by molar-refractivity contribution is 6.05. The first-order valence-electron chi connectivity index (χ1n) is 10.4. The molecule has 0 bridgehead atoms. The summed E-state index contributed by atoms with van der Waals surface area (Å²) in [5.74, 6) is 0. The molecule has 0 aromatic heterocycles. The number of aromatic nitrogens is 1. The monoisotopic (exact) mass is 404 g/mol. The van der Waals surface area contributed by atoms with E-state index in [1.54, 1.807) is 0 Å². The predicted octanol–water partition coefficient (Wildman–Crippen LogP) is 3.04. The second-order valence-electron chi connectivity index (χ2n) is 7.79. The lowest BCUT2D eigenvalue weighted by atomic mass is 10.1. The maximum atomic E-state index is 12.6. The number of nitrogens with one attached hydrogen (secondary N) is 1. The Bertz CT molecular complexity index is 1080. The standard InChI is InChI=1S/C24H28N4O2/c1-17-8-9-19(28-12-10-27(11-13-28)14-15-29)16-22(17)25-18(2)23-20-6-4-3-5-7-21(20)26-24(23)30/h3-9,16,29H,10-15H2,1-2H3,(H,26,30)/b25-18+. The highest BCUT2D eigenvalue weighted by Crippen LogP contribution is 2.28. The van der Waals surface area contributed by atoms with E-state index in [0.29, 0.717) is 11.3 Å².